The van der Waals surface area contributed by atoms with Crippen molar-refractivity contribution in [2.24, 2.45) is 4.99 Å². The van der Waals surface area contributed by atoms with E-state index in [0.29, 0.717) is 0 Å². The maximum Gasteiger partial charge on any atom is 0.311 e. The van der Waals surface area contributed by atoms with Crippen molar-refractivity contribution in [3.05, 3.63) is 62.2 Å². The van der Waals surface area contributed by atoms with Gasteiger partial charge in [-0.2, -0.15) is 0 Å². The lowest BCUT2D eigenvalue weighted by atomic mass is 10.2. The highest BCUT2D eigenvalue weighted by atomic mass is 16.6. The summed E-state index contributed by atoms with van der Waals surface area (Å²) in [7, 11) is 1.38. The van der Waals surface area contributed by atoms with Gasteiger partial charge in [0.25, 0.3) is 5.69 Å². The summed E-state index contributed by atoms with van der Waals surface area (Å²) in [5.74, 6) is -0.248. The largest absolute Gasteiger partial charge is 0.502 e. The minimum Gasteiger partial charge on any atom is -0.502 e. The first kappa shape index (κ1) is 15.9. The molecule has 2 aromatic rings. The predicted molar refractivity (Wildman–Crippen MR) is 81.7 cm³/mol. The molecule has 0 aliphatic carbocycles. The van der Waals surface area contributed by atoms with Gasteiger partial charge in [0.15, 0.2) is 0 Å². The van der Waals surface area contributed by atoms with Crippen molar-refractivity contribution in [3.8, 4) is 11.5 Å². The van der Waals surface area contributed by atoms with Crippen LogP contribution in [0.3, 0.4) is 0 Å². The number of aromatic hydroxyl groups is 1. The van der Waals surface area contributed by atoms with Gasteiger partial charge in [0.05, 0.1) is 17.0 Å². The summed E-state index contributed by atoms with van der Waals surface area (Å²) in [6, 6.07) is 7.82. The van der Waals surface area contributed by atoms with Crippen molar-refractivity contribution in [2.45, 2.75) is 0 Å². The Kier molecular flexibility index (Phi) is 4.50. The molecule has 9 heteroatoms. The van der Waals surface area contributed by atoms with Crippen LogP contribution in [0.25, 0.3) is 0 Å². The summed E-state index contributed by atoms with van der Waals surface area (Å²) in [4.78, 5) is 24.3. The summed E-state index contributed by atoms with van der Waals surface area (Å²) in [5.41, 5.74) is -0.374. The third-order valence-electron chi connectivity index (χ3n) is 2.96. The second-order valence-electron chi connectivity index (χ2n) is 4.34. The SMILES string of the molecule is COc1ccc([N+](=O)[O-])cc1N=Cc1cccc([N+](=O)[O-])c1O. The fraction of sp³-hybridized carbons (Fsp3) is 0.0714. The maximum atomic E-state index is 10.8. The quantitative estimate of drug-likeness (QED) is 0.513. The van der Waals surface area contributed by atoms with Gasteiger partial charge in [-0.3, -0.25) is 25.2 Å². The third kappa shape index (κ3) is 3.40. The van der Waals surface area contributed by atoms with E-state index in [2.05, 4.69) is 4.99 Å². The first-order valence-electron chi connectivity index (χ1n) is 6.27. The van der Waals surface area contributed by atoms with Crippen LogP contribution in [-0.4, -0.2) is 28.3 Å². The molecule has 0 saturated heterocycles. The van der Waals surface area contributed by atoms with Crippen LogP contribution in [0.2, 0.25) is 0 Å². The standard InChI is InChI=1S/C14H11N3O6/c1-23-13-6-5-10(16(19)20)7-11(13)15-8-9-3-2-4-12(14(9)18)17(21)22/h2-8,18H,1H3. The number of hydrogen-bond acceptors (Lipinski definition) is 7. The van der Waals surface area contributed by atoms with Crippen molar-refractivity contribution in [3.63, 3.8) is 0 Å². The highest BCUT2D eigenvalue weighted by Crippen LogP contribution is 2.33. The number of nitro benzene ring substituents is 2. The van der Waals surface area contributed by atoms with Crippen LogP contribution in [-0.2, 0) is 0 Å². The molecule has 0 unspecified atom stereocenters. The van der Waals surface area contributed by atoms with Crippen LogP contribution < -0.4 is 4.74 Å². The van der Waals surface area contributed by atoms with Gasteiger partial charge in [-0.05, 0) is 12.1 Å². The number of ether oxygens (including phenoxy) is 1. The van der Waals surface area contributed by atoms with Crippen LogP contribution in [0.1, 0.15) is 5.56 Å². The average molecular weight is 317 g/mol. The van der Waals surface area contributed by atoms with Crippen LogP contribution in [0, 0.1) is 20.2 Å². The van der Waals surface area contributed by atoms with E-state index in [1.807, 2.05) is 0 Å². The molecule has 0 aromatic heterocycles. The number of nitro groups is 2. The molecule has 23 heavy (non-hydrogen) atoms. The van der Waals surface area contributed by atoms with E-state index in [4.69, 9.17) is 4.74 Å². The monoisotopic (exact) mass is 317 g/mol. The molecule has 2 aromatic carbocycles. The number of nitrogens with zero attached hydrogens (tertiary/aromatic N) is 3. The number of phenolic OH excluding ortho intramolecular Hbond substituents is 1. The van der Waals surface area contributed by atoms with Gasteiger partial charge in [0.2, 0.25) is 5.75 Å². The molecule has 0 radical (unpaired) electrons. The van der Waals surface area contributed by atoms with E-state index in [0.717, 1.165) is 6.07 Å². The van der Waals surface area contributed by atoms with Gasteiger partial charge >= 0.3 is 5.69 Å². The topological polar surface area (TPSA) is 128 Å². The molecule has 0 heterocycles. The van der Waals surface area contributed by atoms with Crippen LogP contribution in [0.5, 0.6) is 11.5 Å². The van der Waals surface area contributed by atoms with Gasteiger partial charge in [-0.15, -0.1) is 0 Å². The van der Waals surface area contributed by atoms with E-state index in [-0.39, 0.29) is 22.7 Å². The molecule has 0 atom stereocenters. The zero-order valence-corrected chi connectivity index (χ0v) is 11.9. The first-order chi connectivity index (χ1) is 10.9. The second kappa shape index (κ2) is 6.52. The summed E-state index contributed by atoms with van der Waals surface area (Å²) in [6.07, 6.45) is 1.17. The number of non-ortho nitro benzene ring substituents is 1. The minimum atomic E-state index is -0.722. The Labute approximate surface area is 129 Å². The molecular weight excluding hydrogens is 306 g/mol. The summed E-state index contributed by atoms with van der Waals surface area (Å²) < 4.78 is 5.05. The van der Waals surface area contributed by atoms with E-state index in [1.54, 1.807) is 0 Å². The highest BCUT2D eigenvalue weighted by molar-refractivity contribution is 5.88. The average Bonchev–Trinajstić information content (AvgIpc) is 2.53. The Balaban J connectivity index is 2.44. The van der Waals surface area contributed by atoms with Crippen molar-refractivity contribution in [2.75, 3.05) is 7.11 Å². The molecule has 0 bridgehead atoms. The molecule has 118 valence electrons. The van der Waals surface area contributed by atoms with Crippen LogP contribution in [0.15, 0.2) is 41.4 Å². The Morgan fingerprint density at radius 3 is 2.52 bits per heavy atom. The molecule has 0 aliphatic rings. The van der Waals surface area contributed by atoms with Gasteiger partial charge in [0, 0.05) is 30.0 Å². The fourth-order valence-corrected chi connectivity index (χ4v) is 1.83. The summed E-state index contributed by atoms with van der Waals surface area (Å²) in [5, 5.41) is 31.4. The van der Waals surface area contributed by atoms with Crippen LogP contribution >= 0.6 is 0 Å². The molecule has 0 saturated carbocycles. The lowest BCUT2D eigenvalue weighted by Crippen LogP contribution is -1.92. The molecule has 9 nitrogen and oxygen atoms in total. The number of benzene rings is 2. The number of para-hydroxylation sites is 1. The van der Waals surface area contributed by atoms with E-state index >= 15 is 0 Å². The number of hydrogen-bond donors (Lipinski definition) is 1. The van der Waals surface area contributed by atoms with Crippen molar-refractivity contribution in [1.29, 1.82) is 0 Å². The number of methoxy groups -OCH3 is 1. The Morgan fingerprint density at radius 2 is 1.91 bits per heavy atom. The highest BCUT2D eigenvalue weighted by Gasteiger charge is 2.15. The smallest absolute Gasteiger partial charge is 0.311 e. The molecular formula is C14H11N3O6. The molecule has 1 N–H and O–H groups in total. The van der Waals surface area contributed by atoms with E-state index in [1.165, 1.54) is 43.7 Å². The molecule has 0 amide bonds. The van der Waals surface area contributed by atoms with E-state index in [9.17, 15) is 25.3 Å². The predicted octanol–water partition coefficient (Wildman–Crippen LogP) is 2.97. The maximum absolute atomic E-state index is 10.8. The lowest BCUT2D eigenvalue weighted by Gasteiger charge is -2.04. The Morgan fingerprint density at radius 1 is 1.17 bits per heavy atom. The fourth-order valence-electron chi connectivity index (χ4n) is 1.83. The Hall–Kier alpha value is -3.49. The van der Waals surface area contributed by atoms with Crippen LogP contribution in [0.4, 0.5) is 17.1 Å². The van der Waals surface area contributed by atoms with Gasteiger partial charge in [-0.1, -0.05) is 6.07 Å². The van der Waals surface area contributed by atoms with Gasteiger partial charge < -0.3 is 9.84 Å². The van der Waals surface area contributed by atoms with Gasteiger partial charge in [0.1, 0.15) is 11.4 Å². The Bertz CT molecular complexity index is 803. The summed E-state index contributed by atoms with van der Waals surface area (Å²) >= 11 is 0. The second-order valence-corrected chi connectivity index (χ2v) is 4.34. The molecule has 0 aliphatic heterocycles. The number of rotatable bonds is 5. The minimum absolute atomic E-state index is 0.104. The molecule has 0 fully saturated rings. The molecule has 2 rings (SSSR count). The van der Waals surface area contributed by atoms with E-state index < -0.39 is 21.3 Å². The molecule has 0 spiro atoms. The third-order valence-corrected chi connectivity index (χ3v) is 2.96. The number of aliphatic imine (C=N–C) groups is 1. The zero-order valence-electron chi connectivity index (χ0n) is 11.9. The number of phenols is 1. The normalized spacial score (nSPS) is 10.7. The van der Waals surface area contributed by atoms with Crippen molar-refractivity contribution < 1.29 is 19.7 Å². The van der Waals surface area contributed by atoms with Gasteiger partial charge in [-0.25, -0.2) is 0 Å². The zero-order chi connectivity index (χ0) is 17.0. The first-order valence-corrected chi connectivity index (χ1v) is 6.27. The lowest BCUT2D eigenvalue weighted by molar-refractivity contribution is -0.385. The van der Waals surface area contributed by atoms with Crippen molar-refractivity contribution >= 4 is 23.3 Å². The van der Waals surface area contributed by atoms with Crippen molar-refractivity contribution in [1.82, 2.24) is 0 Å². The summed E-state index contributed by atoms with van der Waals surface area (Å²) in [6.45, 7) is 0.